The summed E-state index contributed by atoms with van der Waals surface area (Å²) in [6, 6.07) is 5.28. The minimum Gasteiger partial charge on any atom is -0.436 e. The minimum atomic E-state index is 0.439. The molecule has 0 spiro atoms. The third kappa shape index (κ3) is 3.58. The van der Waals surface area contributed by atoms with Crippen LogP contribution in [-0.2, 0) is 0 Å². The predicted octanol–water partition coefficient (Wildman–Crippen LogP) is 4.88. The van der Waals surface area contributed by atoms with Crippen molar-refractivity contribution in [3.63, 3.8) is 0 Å². The van der Waals surface area contributed by atoms with E-state index in [-0.39, 0.29) is 0 Å². The van der Waals surface area contributed by atoms with Gasteiger partial charge in [0.25, 0.3) is 0 Å². The van der Waals surface area contributed by atoms with Gasteiger partial charge in [-0.05, 0) is 57.0 Å². The van der Waals surface area contributed by atoms with Gasteiger partial charge in [-0.3, -0.25) is 0 Å². The van der Waals surface area contributed by atoms with E-state index in [2.05, 4.69) is 47.1 Å². The molecule has 0 saturated heterocycles. The molecular formula is C12H10Br2ClN3O. The van der Waals surface area contributed by atoms with Gasteiger partial charge in [0, 0.05) is 11.6 Å². The van der Waals surface area contributed by atoms with Crippen molar-refractivity contribution in [1.82, 2.24) is 9.97 Å². The van der Waals surface area contributed by atoms with E-state index in [1.54, 1.807) is 18.2 Å². The molecule has 1 aromatic heterocycles. The first-order chi connectivity index (χ1) is 9.11. The maximum Gasteiger partial charge on any atom is 0.238 e. The lowest BCUT2D eigenvalue weighted by Gasteiger charge is -2.11. The zero-order valence-corrected chi connectivity index (χ0v) is 13.9. The number of anilines is 1. The Balaban J connectivity index is 2.30. The summed E-state index contributed by atoms with van der Waals surface area (Å²) in [6.07, 6.45) is 1.45. The van der Waals surface area contributed by atoms with E-state index in [1.165, 1.54) is 6.33 Å². The lowest BCUT2D eigenvalue weighted by atomic mass is 10.3. The van der Waals surface area contributed by atoms with Crippen molar-refractivity contribution in [3.05, 3.63) is 38.5 Å². The normalized spacial score (nSPS) is 10.3. The van der Waals surface area contributed by atoms with Crippen LogP contribution in [-0.4, -0.2) is 16.5 Å². The van der Waals surface area contributed by atoms with Gasteiger partial charge in [-0.1, -0.05) is 11.6 Å². The Kier molecular flexibility index (Phi) is 5.01. The van der Waals surface area contributed by atoms with Gasteiger partial charge in [0.05, 0.1) is 4.47 Å². The van der Waals surface area contributed by atoms with Crippen molar-refractivity contribution >= 4 is 49.3 Å². The molecular weight excluding hydrogens is 397 g/mol. The van der Waals surface area contributed by atoms with Crippen LogP contribution in [0.15, 0.2) is 33.5 Å². The van der Waals surface area contributed by atoms with Crippen molar-refractivity contribution in [2.45, 2.75) is 6.92 Å². The molecule has 100 valence electrons. The molecule has 2 aromatic rings. The van der Waals surface area contributed by atoms with Gasteiger partial charge in [0.15, 0.2) is 0 Å². The highest BCUT2D eigenvalue weighted by Crippen LogP contribution is 2.35. The maximum atomic E-state index is 5.89. The van der Waals surface area contributed by atoms with E-state index in [0.29, 0.717) is 26.9 Å². The standard InChI is InChI=1S/C12H10Br2ClN3O/c1-2-16-11-10(14)12(18-6-17-11)19-9-4-3-7(15)5-8(9)13/h3-6H,2H2,1H3,(H,16,17,18). The lowest BCUT2D eigenvalue weighted by Crippen LogP contribution is -2.02. The average Bonchev–Trinajstić information content (AvgIpc) is 2.37. The summed E-state index contributed by atoms with van der Waals surface area (Å²) in [5, 5.41) is 3.75. The summed E-state index contributed by atoms with van der Waals surface area (Å²) in [7, 11) is 0. The summed E-state index contributed by atoms with van der Waals surface area (Å²) in [5.41, 5.74) is 0. The SMILES string of the molecule is CCNc1ncnc(Oc2ccc(Cl)cc2Br)c1Br. The third-order valence-electron chi connectivity index (χ3n) is 2.20. The first-order valence-corrected chi connectivity index (χ1v) is 7.45. The Hall–Kier alpha value is -0.850. The number of hydrogen-bond donors (Lipinski definition) is 1. The van der Waals surface area contributed by atoms with Gasteiger partial charge in [0.2, 0.25) is 5.88 Å². The summed E-state index contributed by atoms with van der Waals surface area (Å²) in [4.78, 5) is 8.23. The molecule has 1 heterocycles. The molecule has 1 aromatic carbocycles. The van der Waals surface area contributed by atoms with Crippen molar-refractivity contribution in [1.29, 1.82) is 0 Å². The Labute approximate surface area is 132 Å². The second-order valence-corrected chi connectivity index (χ2v) is 5.63. The van der Waals surface area contributed by atoms with Gasteiger partial charge >= 0.3 is 0 Å². The van der Waals surface area contributed by atoms with Gasteiger partial charge in [-0.25, -0.2) is 9.97 Å². The highest BCUT2D eigenvalue weighted by atomic mass is 79.9. The molecule has 0 aliphatic heterocycles. The number of aromatic nitrogens is 2. The highest BCUT2D eigenvalue weighted by molar-refractivity contribution is 9.11. The molecule has 0 fully saturated rings. The monoisotopic (exact) mass is 405 g/mol. The van der Waals surface area contributed by atoms with Gasteiger partial charge < -0.3 is 10.1 Å². The fourth-order valence-electron chi connectivity index (χ4n) is 1.38. The van der Waals surface area contributed by atoms with Crippen molar-refractivity contribution < 1.29 is 4.74 Å². The molecule has 1 N–H and O–H groups in total. The molecule has 2 rings (SSSR count). The second kappa shape index (κ2) is 6.54. The smallest absolute Gasteiger partial charge is 0.238 e. The largest absolute Gasteiger partial charge is 0.436 e. The molecule has 0 radical (unpaired) electrons. The fourth-order valence-corrected chi connectivity index (χ4v) is 2.57. The summed E-state index contributed by atoms with van der Waals surface area (Å²) >= 11 is 12.7. The van der Waals surface area contributed by atoms with Crippen molar-refractivity contribution in [2.75, 3.05) is 11.9 Å². The zero-order valence-electron chi connectivity index (χ0n) is 9.95. The van der Waals surface area contributed by atoms with Crippen LogP contribution < -0.4 is 10.1 Å². The van der Waals surface area contributed by atoms with Crippen LogP contribution in [0.2, 0.25) is 5.02 Å². The molecule has 0 bridgehead atoms. The van der Waals surface area contributed by atoms with Gasteiger partial charge in [0.1, 0.15) is 22.4 Å². The number of rotatable bonds is 4. The summed E-state index contributed by atoms with van der Waals surface area (Å²) in [6.45, 7) is 2.75. The number of nitrogens with zero attached hydrogens (tertiary/aromatic N) is 2. The van der Waals surface area contributed by atoms with Crippen LogP contribution in [0.3, 0.4) is 0 Å². The van der Waals surface area contributed by atoms with E-state index in [9.17, 15) is 0 Å². The number of ether oxygens (including phenoxy) is 1. The molecule has 4 nitrogen and oxygen atoms in total. The predicted molar refractivity (Wildman–Crippen MR) is 83.1 cm³/mol. The number of benzene rings is 1. The molecule has 0 atom stereocenters. The third-order valence-corrected chi connectivity index (χ3v) is 3.77. The highest BCUT2D eigenvalue weighted by Gasteiger charge is 2.12. The quantitative estimate of drug-likeness (QED) is 0.785. The van der Waals surface area contributed by atoms with Crippen molar-refractivity contribution in [3.8, 4) is 11.6 Å². The van der Waals surface area contributed by atoms with Gasteiger partial charge in [-0.2, -0.15) is 0 Å². The maximum absolute atomic E-state index is 5.89. The molecule has 0 unspecified atom stereocenters. The molecule has 0 saturated carbocycles. The molecule has 0 aliphatic rings. The molecule has 19 heavy (non-hydrogen) atoms. The topological polar surface area (TPSA) is 47.0 Å². The summed E-state index contributed by atoms with van der Waals surface area (Å²) in [5.74, 6) is 1.76. The first kappa shape index (κ1) is 14.6. The zero-order chi connectivity index (χ0) is 13.8. The Morgan fingerprint density at radius 1 is 1.32 bits per heavy atom. The van der Waals surface area contributed by atoms with Crippen LogP contribution in [0, 0.1) is 0 Å². The Bertz CT molecular complexity index is 595. The van der Waals surface area contributed by atoms with E-state index >= 15 is 0 Å². The molecule has 0 aliphatic carbocycles. The number of hydrogen-bond acceptors (Lipinski definition) is 4. The van der Waals surface area contributed by atoms with Crippen LogP contribution in [0.5, 0.6) is 11.6 Å². The number of nitrogens with one attached hydrogen (secondary N) is 1. The number of halogens is 3. The fraction of sp³-hybridized carbons (Fsp3) is 0.167. The van der Waals surface area contributed by atoms with Crippen LogP contribution in [0.4, 0.5) is 5.82 Å². The average molecular weight is 407 g/mol. The minimum absolute atomic E-state index is 0.439. The lowest BCUT2D eigenvalue weighted by molar-refractivity contribution is 0.455. The first-order valence-electron chi connectivity index (χ1n) is 5.49. The van der Waals surface area contributed by atoms with E-state index in [4.69, 9.17) is 16.3 Å². The Morgan fingerprint density at radius 2 is 2.11 bits per heavy atom. The van der Waals surface area contributed by atoms with Crippen LogP contribution >= 0.6 is 43.5 Å². The van der Waals surface area contributed by atoms with Gasteiger partial charge in [-0.15, -0.1) is 0 Å². The Morgan fingerprint density at radius 3 is 2.79 bits per heavy atom. The van der Waals surface area contributed by atoms with Crippen LogP contribution in [0.25, 0.3) is 0 Å². The molecule has 7 heteroatoms. The van der Waals surface area contributed by atoms with E-state index in [1.807, 2.05) is 6.92 Å². The summed E-state index contributed by atoms with van der Waals surface area (Å²) < 4.78 is 7.18. The van der Waals surface area contributed by atoms with Crippen LogP contribution in [0.1, 0.15) is 6.92 Å². The second-order valence-electron chi connectivity index (χ2n) is 3.55. The van der Waals surface area contributed by atoms with E-state index in [0.717, 1.165) is 11.0 Å². The van der Waals surface area contributed by atoms with E-state index < -0.39 is 0 Å². The molecule has 0 amide bonds. The van der Waals surface area contributed by atoms with Crippen molar-refractivity contribution in [2.24, 2.45) is 0 Å².